The van der Waals surface area contributed by atoms with Gasteiger partial charge >= 0.3 is 12.1 Å². The Kier molecular flexibility index (Phi) is 3.20. The van der Waals surface area contributed by atoms with E-state index in [1.807, 2.05) is 0 Å². The maximum Gasteiger partial charge on any atom is 0.471 e. The minimum atomic E-state index is -4.97. The van der Waals surface area contributed by atoms with E-state index in [0.29, 0.717) is 11.0 Å². The number of alkyl halides is 3. The summed E-state index contributed by atoms with van der Waals surface area (Å²) in [6.07, 6.45) is -4.97. The number of halogens is 4. The molecular formula is C10H5BrF3N3O. The highest BCUT2D eigenvalue weighted by Crippen LogP contribution is 2.24. The molecule has 0 saturated heterocycles. The van der Waals surface area contributed by atoms with Crippen LogP contribution in [0, 0.1) is 0 Å². The number of carbonyl (C=O) groups excluding carboxylic acids is 1. The minimum Gasteiger partial charge on any atom is -0.301 e. The lowest BCUT2D eigenvalue weighted by atomic mass is 10.3. The Bertz CT molecular complexity index is 615. The fourth-order valence-corrected chi connectivity index (χ4v) is 1.62. The molecule has 18 heavy (non-hydrogen) atoms. The highest BCUT2D eigenvalue weighted by molar-refractivity contribution is 9.10. The van der Waals surface area contributed by atoms with Gasteiger partial charge in [-0.1, -0.05) is 12.1 Å². The molecule has 1 aromatic carbocycles. The molecule has 0 atom stereocenters. The van der Waals surface area contributed by atoms with Crippen LogP contribution in [0.25, 0.3) is 11.0 Å². The van der Waals surface area contributed by atoms with Crippen LogP contribution in [0.2, 0.25) is 0 Å². The van der Waals surface area contributed by atoms with Gasteiger partial charge in [0.1, 0.15) is 4.60 Å². The number of benzene rings is 1. The van der Waals surface area contributed by atoms with Gasteiger partial charge in [0, 0.05) is 0 Å². The van der Waals surface area contributed by atoms with E-state index < -0.39 is 12.1 Å². The van der Waals surface area contributed by atoms with Crippen LogP contribution in [-0.2, 0) is 4.79 Å². The number of hydrogen-bond donors (Lipinski definition) is 1. The average Bonchev–Trinajstić information content (AvgIpc) is 2.28. The zero-order chi connectivity index (χ0) is 13.3. The number of para-hydroxylation sites is 2. The van der Waals surface area contributed by atoms with Crippen molar-refractivity contribution >= 4 is 38.7 Å². The summed E-state index contributed by atoms with van der Waals surface area (Å²) >= 11 is 2.96. The van der Waals surface area contributed by atoms with E-state index in [1.54, 1.807) is 29.6 Å². The van der Waals surface area contributed by atoms with E-state index in [-0.39, 0.29) is 10.4 Å². The molecule has 0 aliphatic rings. The lowest BCUT2D eigenvalue weighted by molar-refractivity contribution is -0.167. The Hall–Kier alpha value is -1.70. The Morgan fingerprint density at radius 2 is 1.72 bits per heavy atom. The van der Waals surface area contributed by atoms with E-state index in [4.69, 9.17) is 0 Å². The van der Waals surface area contributed by atoms with Gasteiger partial charge in [-0.05, 0) is 28.1 Å². The van der Waals surface area contributed by atoms with Crippen LogP contribution in [-0.4, -0.2) is 22.1 Å². The molecule has 1 aromatic heterocycles. The van der Waals surface area contributed by atoms with Crippen LogP contribution in [0.4, 0.5) is 19.0 Å². The number of rotatable bonds is 1. The molecule has 1 heterocycles. The highest BCUT2D eigenvalue weighted by Gasteiger charge is 2.39. The quantitative estimate of drug-likeness (QED) is 0.879. The first-order valence-electron chi connectivity index (χ1n) is 4.68. The molecule has 0 radical (unpaired) electrons. The molecule has 1 N–H and O–H groups in total. The number of nitrogens with one attached hydrogen (secondary N) is 1. The lowest BCUT2D eigenvalue weighted by Crippen LogP contribution is -2.30. The van der Waals surface area contributed by atoms with E-state index in [1.165, 1.54) is 0 Å². The van der Waals surface area contributed by atoms with Gasteiger partial charge in [-0.15, -0.1) is 0 Å². The lowest BCUT2D eigenvalue weighted by Gasteiger charge is -2.09. The van der Waals surface area contributed by atoms with Crippen molar-refractivity contribution in [3.8, 4) is 0 Å². The summed E-state index contributed by atoms with van der Waals surface area (Å²) in [5, 5.41) is 1.66. The minimum absolute atomic E-state index is 0.0406. The van der Waals surface area contributed by atoms with Crippen molar-refractivity contribution in [1.29, 1.82) is 0 Å². The zero-order valence-corrected chi connectivity index (χ0v) is 10.2. The third-order valence-corrected chi connectivity index (χ3v) is 2.57. The smallest absolute Gasteiger partial charge is 0.301 e. The van der Waals surface area contributed by atoms with Crippen molar-refractivity contribution in [1.82, 2.24) is 9.97 Å². The summed E-state index contributed by atoms with van der Waals surface area (Å²) < 4.78 is 36.4. The Morgan fingerprint density at radius 3 is 2.28 bits per heavy atom. The van der Waals surface area contributed by atoms with E-state index in [9.17, 15) is 18.0 Å². The first-order chi connectivity index (χ1) is 8.38. The summed E-state index contributed by atoms with van der Waals surface area (Å²) in [6.45, 7) is 0. The largest absolute Gasteiger partial charge is 0.471 e. The van der Waals surface area contributed by atoms with Crippen molar-refractivity contribution in [2.75, 3.05) is 5.32 Å². The average molecular weight is 320 g/mol. The summed E-state index contributed by atoms with van der Waals surface area (Å²) in [7, 11) is 0. The Labute approximate surface area is 107 Å². The van der Waals surface area contributed by atoms with E-state index >= 15 is 0 Å². The van der Waals surface area contributed by atoms with Gasteiger partial charge in [0.2, 0.25) is 0 Å². The van der Waals surface area contributed by atoms with E-state index in [0.717, 1.165) is 0 Å². The molecule has 2 aromatic rings. The molecule has 0 unspecified atom stereocenters. The zero-order valence-electron chi connectivity index (χ0n) is 8.62. The molecule has 0 bridgehead atoms. The molecule has 4 nitrogen and oxygen atoms in total. The number of carbonyl (C=O) groups is 1. The SMILES string of the molecule is O=C(Nc1nc2ccccc2nc1Br)C(F)(F)F. The fourth-order valence-electron chi connectivity index (χ4n) is 1.24. The fraction of sp³-hybridized carbons (Fsp3) is 0.100. The first-order valence-corrected chi connectivity index (χ1v) is 5.47. The standard InChI is InChI=1S/C10H5BrF3N3O/c11-7-8(17-9(18)10(12,13)14)16-6-4-2-1-3-5(6)15-7/h1-4H,(H,16,17,18). The predicted octanol–water partition coefficient (Wildman–Crippen LogP) is 2.89. The number of nitrogens with zero attached hydrogens (tertiary/aromatic N) is 2. The summed E-state index contributed by atoms with van der Waals surface area (Å²) in [5.41, 5.74) is 0.896. The second kappa shape index (κ2) is 4.52. The number of fused-ring (bicyclic) bond motifs is 1. The van der Waals surface area contributed by atoms with Gasteiger partial charge in [-0.3, -0.25) is 4.79 Å². The van der Waals surface area contributed by atoms with Crippen LogP contribution in [0.15, 0.2) is 28.9 Å². The van der Waals surface area contributed by atoms with Gasteiger partial charge < -0.3 is 5.32 Å². The summed E-state index contributed by atoms with van der Waals surface area (Å²) in [4.78, 5) is 18.7. The van der Waals surface area contributed by atoms with Crippen molar-refractivity contribution in [3.63, 3.8) is 0 Å². The van der Waals surface area contributed by atoms with Crippen molar-refractivity contribution in [3.05, 3.63) is 28.9 Å². The molecule has 0 aliphatic carbocycles. The topological polar surface area (TPSA) is 54.9 Å². The maximum absolute atomic E-state index is 12.1. The monoisotopic (exact) mass is 319 g/mol. The summed E-state index contributed by atoms with van der Waals surface area (Å²) in [6, 6.07) is 6.62. The second-order valence-corrected chi connectivity index (χ2v) is 4.05. The third kappa shape index (κ3) is 2.58. The molecule has 0 spiro atoms. The van der Waals surface area contributed by atoms with Gasteiger partial charge in [-0.25, -0.2) is 9.97 Å². The van der Waals surface area contributed by atoms with Crippen molar-refractivity contribution < 1.29 is 18.0 Å². The molecular weight excluding hydrogens is 315 g/mol. The Balaban J connectivity index is 2.40. The number of hydrogen-bond acceptors (Lipinski definition) is 3. The molecule has 0 saturated carbocycles. The second-order valence-electron chi connectivity index (χ2n) is 3.30. The van der Waals surface area contributed by atoms with Crippen molar-refractivity contribution in [2.45, 2.75) is 6.18 Å². The van der Waals surface area contributed by atoms with Gasteiger partial charge in [-0.2, -0.15) is 13.2 Å². The van der Waals surface area contributed by atoms with Gasteiger partial charge in [0.05, 0.1) is 11.0 Å². The molecule has 0 aliphatic heterocycles. The first kappa shape index (κ1) is 12.7. The molecule has 1 amide bonds. The van der Waals surface area contributed by atoms with E-state index in [2.05, 4.69) is 25.9 Å². The van der Waals surface area contributed by atoms with Crippen LogP contribution >= 0.6 is 15.9 Å². The number of anilines is 1. The normalized spacial score (nSPS) is 11.6. The molecule has 2 rings (SSSR count). The molecule has 0 fully saturated rings. The van der Waals surface area contributed by atoms with Crippen LogP contribution < -0.4 is 5.32 Å². The number of aromatic nitrogens is 2. The van der Waals surface area contributed by atoms with Gasteiger partial charge in [0.25, 0.3) is 0 Å². The summed E-state index contributed by atoms with van der Waals surface area (Å²) in [5.74, 6) is -2.36. The maximum atomic E-state index is 12.1. The Morgan fingerprint density at radius 1 is 1.17 bits per heavy atom. The van der Waals surface area contributed by atoms with Crippen LogP contribution in [0.1, 0.15) is 0 Å². The van der Waals surface area contributed by atoms with Crippen LogP contribution in [0.3, 0.4) is 0 Å². The third-order valence-electron chi connectivity index (χ3n) is 2.02. The van der Waals surface area contributed by atoms with Crippen LogP contribution in [0.5, 0.6) is 0 Å². The highest BCUT2D eigenvalue weighted by atomic mass is 79.9. The molecule has 94 valence electrons. The van der Waals surface area contributed by atoms with Crippen molar-refractivity contribution in [2.24, 2.45) is 0 Å². The number of amides is 1. The molecule has 8 heteroatoms. The van der Waals surface area contributed by atoms with Gasteiger partial charge in [0.15, 0.2) is 5.82 Å². The predicted molar refractivity (Wildman–Crippen MR) is 61.9 cm³/mol.